The third-order valence-corrected chi connectivity index (χ3v) is 5.16. The van der Waals surface area contributed by atoms with Gasteiger partial charge in [-0.05, 0) is 62.2 Å². The highest BCUT2D eigenvalue weighted by atomic mass is 35.5. The van der Waals surface area contributed by atoms with Gasteiger partial charge in [-0.2, -0.15) is 0 Å². The van der Waals surface area contributed by atoms with Crippen LogP contribution in [0.5, 0.6) is 0 Å². The molecule has 1 fully saturated rings. The average Bonchev–Trinajstić information content (AvgIpc) is 2.67. The van der Waals surface area contributed by atoms with Crippen LogP contribution in [0.3, 0.4) is 0 Å². The molecule has 0 radical (unpaired) electrons. The van der Waals surface area contributed by atoms with Gasteiger partial charge in [0.1, 0.15) is 0 Å². The Kier molecular flexibility index (Phi) is 9.76. The SMILES string of the molecule is Cl.c1ccc(CCCCOCC2CCN(Cc3ccccc3)CC2)cc1. The van der Waals surface area contributed by atoms with Crippen molar-refractivity contribution in [3.8, 4) is 0 Å². The van der Waals surface area contributed by atoms with Gasteiger partial charge in [-0.3, -0.25) is 4.90 Å². The molecule has 1 heterocycles. The molecule has 142 valence electrons. The first-order chi connectivity index (χ1) is 12.4. The van der Waals surface area contributed by atoms with Crippen LogP contribution >= 0.6 is 12.4 Å². The number of halogens is 1. The average molecular weight is 374 g/mol. The van der Waals surface area contributed by atoms with Crippen molar-refractivity contribution in [3.05, 3.63) is 71.8 Å². The molecule has 0 unspecified atom stereocenters. The quantitative estimate of drug-likeness (QED) is 0.548. The first-order valence-electron chi connectivity index (χ1n) is 9.78. The fourth-order valence-corrected chi connectivity index (χ4v) is 3.58. The normalized spacial score (nSPS) is 15.5. The molecule has 0 atom stereocenters. The maximum atomic E-state index is 5.95. The zero-order chi connectivity index (χ0) is 17.2. The van der Waals surface area contributed by atoms with E-state index in [-0.39, 0.29) is 12.4 Å². The molecule has 2 nitrogen and oxygen atoms in total. The summed E-state index contributed by atoms with van der Waals surface area (Å²) in [6.07, 6.45) is 6.11. The van der Waals surface area contributed by atoms with E-state index >= 15 is 0 Å². The number of benzene rings is 2. The Morgan fingerprint density at radius 2 is 1.42 bits per heavy atom. The van der Waals surface area contributed by atoms with Crippen molar-refractivity contribution in [2.45, 2.75) is 38.6 Å². The fourth-order valence-electron chi connectivity index (χ4n) is 3.58. The molecule has 1 aliphatic rings. The zero-order valence-corrected chi connectivity index (χ0v) is 16.5. The van der Waals surface area contributed by atoms with Crippen molar-refractivity contribution in [1.29, 1.82) is 0 Å². The number of hydrogen-bond acceptors (Lipinski definition) is 2. The largest absolute Gasteiger partial charge is 0.381 e. The highest BCUT2D eigenvalue weighted by molar-refractivity contribution is 5.85. The van der Waals surface area contributed by atoms with E-state index < -0.39 is 0 Å². The molecule has 0 bridgehead atoms. The lowest BCUT2D eigenvalue weighted by Gasteiger charge is -2.31. The number of aryl methyl sites for hydroxylation is 1. The number of hydrogen-bond donors (Lipinski definition) is 0. The minimum atomic E-state index is 0. The lowest BCUT2D eigenvalue weighted by molar-refractivity contribution is 0.0635. The highest BCUT2D eigenvalue weighted by Gasteiger charge is 2.19. The van der Waals surface area contributed by atoms with E-state index in [0.717, 1.165) is 25.7 Å². The van der Waals surface area contributed by atoms with Crippen LogP contribution in [-0.2, 0) is 17.7 Å². The first kappa shape index (κ1) is 21.0. The summed E-state index contributed by atoms with van der Waals surface area (Å²) < 4.78 is 5.95. The molecule has 3 heteroatoms. The van der Waals surface area contributed by atoms with E-state index in [1.165, 1.54) is 56.3 Å². The molecule has 0 aromatic heterocycles. The van der Waals surface area contributed by atoms with Crippen molar-refractivity contribution >= 4 is 12.4 Å². The van der Waals surface area contributed by atoms with Gasteiger partial charge in [0.2, 0.25) is 0 Å². The summed E-state index contributed by atoms with van der Waals surface area (Å²) in [5.74, 6) is 0.751. The third kappa shape index (κ3) is 7.49. The molecule has 1 saturated heterocycles. The van der Waals surface area contributed by atoms with E-state index in [1.54, 1.807) is 0 Å². The van der Waals surface area contributed by atoms with Crippen LogP contribution < -0.4 is 0 Å². The fraction of sp³-hybridized carbons (Fsp3) is 0.478. The molecule has 0 amide bonds. The Hall–Kier alpha value is -1.35. The number of rotatable bonds is 9. The molecule has 3 rings (SSSR count). The molecule has 0 saturated carbocycles. The van der Waals surface area contributed by atoms with Gasteiger partial charge < -0.3 is 4.74 Å². The van der Waals surface area contributed by atoms with Gasteiger partial charge in [0.25, 0.3) is 0 Å². The smallest absolute Gasteiger partial charge is 0.0495 e. The van der Waals surface area contributed by atoms with Gasteiger partial charge in [0.15, 0.2) is 0 Å². The Morgan fingerprint density at radius 1 is 0.808 bits per heavy atom. The van der Waals surface area contributed by atoms with Crippen LogP contribution in [0.2, 0.25) is 0 Å². The molecule has 1 aliphatic heterocycles. The van der Waals surface area contributed by atoms with Gasteiger partial charge >= 0.3 is 0 Å². The maximum Gasteiger partial charge on any atom is 0.0495 e. The van der Waals surface area contributed by atoms with Gasteiger partial charge in [-0.15, -0.1) is 12.4 Å². The lowest BCUT2D eigenvalue weighted by Crippen LogP contribution is -2.34. The lowest BCUT2D eigenvalue weighted by atomic mass is 9.97. The molecule has 2 aromatic rings. The zero-order valence-electron chi connectivity index (χ0n) is 15.7. The summed E-state index contributed by atoms with van der Waals surface area (Å²) >= 11 is 0. The van der Waals surface area contributed by atoms with Crippen LogP contribution in [0.4, 0.5) is 0 Å². The number of nitrogens with zero attached hydrogens (tertiary/aromatic N) is 1. The Bertz CT molecular complexity index is 582. The Balaban J connectivity index is 0.00000243. The van der Waals surface area contributed by atoms with Gasteiger partial charge in [0, 0.05) is 19.8 Å². The van der Waals surface area contributed by atoms with Gasteiger partial charge in [0.05, 0.1) is 0 Å². The van der Waals surface area contributed by atoms with E-state index in [1.807, 2.05) is 0 Å². The van der Waals surface area contributed by atoms with Crippen molar-refractivity contribution < 1.29 is 4.74 Å². The predicted molar refractivity (Wildman–Crippen MR) is 112 cm³/mol. The van der Waals surface area contributed by atoms with E-state index in [0.29, 0.717) is 0 Å². The second-order valence-electron chi connectivity index (χ2n) is 7.22. The second kappa shape index (κ2) is 12.1. The Labute approximate surface area is 165 Å². The summed E-state index contributed by atoms with van der Waals surface area (Å²) in [7, 11) is 0. The van der Waals surface area contributed by atoms with Crippen LogP contribution in [0.1, 0.15) is 36.8 Å². The molecule has 0 aliphatic carbocycles. The van der Waals surface area contributed by atoms with Gasteiger partial charge in [-0.25, -0.2) is 0 Å². The van der Waals surface area contributed by atoms with E-state index in [9.17, 15) is 0 Å². The number of ether oxygens (including phenoxy) is 1. The molecule has 0 spiro atoms. The van der Waals surface area contributed by atoms with Crippen molar-refractivity contribution in [2.24, 2.45) is 5.92 Å². The summed E-state index contributed by atoms with van der Waals surface area (Å²) in [6, 6.07) is 21.6. The molecular weight excluding hydrogens is 342 g/mol. The summed E-state index contributed by atoms with van der Waals surface area (Å²) in [6.45, 7) is 5.36. The minimum Gasteiger partial charge on any atom is -0.381 e. The molecule has 2 aromatic carbocycles. The standard InChI is InChI=1S/C23H31NO.ClH/c1-3-9-21(10-4-1)11-7-8-18-25-20-23-14-16-24(17-15-23)19-22-12-5-2-6-13-22;/h1-6,9-10,12-13,23H,7-8,11,14-20H2;1H. The highest BCUT2D eigenvalue weighted by Crippen LogP contribution is 2.19. The first-order valence-corrected chi connectivity index (χ1v) is 9.78. The predicted octanol–water partition coefficient (Wildman–Crippen LogP) is 5.36. The second-order valence-corrected chi connectivity index (χ2v) is 7.22. The number of unbranched alkanes of at least 4 members (excludes halogenated alkanes) is 1. The third-order valence-electron chi connectivity index (χ3n) is 5.16. The van der Waals surface area contributed by atoms with Crippen LogP contribution in [-0.4, -0.2) is 31.2 Å². The summed E-state index contributed by atoms with van der Waals surface area (Å²) in [4.78, 5) is 2.58. The molecule has 0 N–H and O–H groups in total. The molecule has 26 heavy (non-hydrogen) atoms. The Morgan fingerprint density at radius 3 is 2.08 bits per heavy atom. The monoisotopic (exact) mass is 373 g/mol. The van der Waals surface area contributed by atoms with Crippen LogP contribution in [0, 0.1) is 5.92 Å². The van der Waals surface area contributed by atoms with E-state index in [2.05, 4.69) is 65.6 Å². The topological polar surface area (TPSA) is 12.5 Å². The summed E-state index contributed by atoms with van der Waals surface area (Å²) in [5, 5.41) is 0. The number of piperidine rings is 1. The van der Waals surface area contributed by atoms with Crippen molar-refractivity contribution in [3.63, 3.8) is 0 Å². The summed E-state index contributed by atoms with van der Waals surface area (Å²) in [5.41, 5.74) is 2.86. The van der Waals surface area contributed by atoms with Crippen LogP contribution in [0.15, 0.2) is 60.7 Å². The van der Waals surface area contributed by atoms with E-state index in [4.69, 9.17) is 4.74 Å². The minimum absolute atomic E-state index is 0. The van der Waals surface area contributed by atoms with Crippen LogP contribution in [0.25, 0.3) is 0 Å². The van der Waals surface area contributed by atoms with Crippen molar-refractivity contribution in [1.82, 2.24) is 4.90 Å². The van der Waals surface area contributed by atoms with Gasteiger partial charge in [-0.1, -0.05) is 60.7 Å². The molecular formula is C23H32ClNO. The number of likely N-dealkylation sites (tertiary alicyclic amines) is 1. The maximum absolute atomic E-state index is 5.95. The van der Waals surface area contributed by atoms with Crippen molar-refractivity contribution in [2.75, 3.05) is 26.3 Å².